The number of furan rings is 1. The molecule has 0 saturated carbocycles. The van der Waals surface area contributed by atoms with Gasteiger partial charge in [-0.1, -0.05) is 6.07 Å². The number of hydrogen-bond donors (Lipinski definition) is 1. The zero-order valence-corrected chi connectivity index (χ0v) is 10.4. The number of methoxy groups -OCH3 is 2. The summed E-state index contributed by atoms with van der Waals surface area (Å²) in [5, 5.41) is 9.99. The molecular weight excluding hydrogens is 232 g/mol. The van der Waals surface area contributed by atoms with E-state index in [0.717, 1.165) is 5.56 Å². The lowest BCUT2D eigenvalue weighted by molar-refractivity contribution is 0.150. The van der Waals surface area contributed by atoms with E-state index in [9.17, 15) is 5.11 Å². The van der Waals surface area contributed by atoms with Crippen LogP contribution in [0.5, 0.6) is 11.5 Å². The zero-order chi connectivity index (χ0) is 13.0. The number of benzene rings is 1. The third-order valence-electron chi connectivity index (χ3n) is 2.75. The molecule has 0 amide bonds. The Hall–Kier alpha value is -1.94. The molecule has 2 rings (SSSR count). The third-order valence-corrected chi connectivity index (χ3v) is 2.75. The summed E-state index contributed by atoms with van der Waals surface area (Å²) >= 11 is 0. The smallest absolute Gasteiger partial charge is 0.160 e. The molecule has 1 N–H and O–H groups in total. The Bertz CT molecular complexity index is 491. The van der Waals surface area contributed by atoms with Crippen molar-refractivity contribution in [2.45, 2.75) is 12.5 Å². The molecule has 0 aliphatic heterocycles. The monoisotopic (exact) mass is 248 g/mol. The maximum atomic E-state index is 9.99. The van der Waals surface area contributed by atoms with Gasteiger partial charge in [-0.2, -0.15) is 0 Å². The Labute approximate surface area is 106 Å². The maximum Gasteiger partial charge on any atom is 0.160 e. The molecule has 1 aromatic heterocycles. The molecule has 2 aromatic rings. The second kappa shape index (κ2) is 5.60. The Morgan fingerprint density at radius 1 is 1.17 bits per heavy atom. The van der Waals surface area contributed by atoms with Gasteiger partial charge >= 0.3 is 0 Å². The van der Waals surface area contributed by atoms with Crippen LogP contribution >= 0.6 is 0 Å². The van der Waals surface area contributed by atoms with Gasteiger partial charge in [0.15, 0.2) is 11.5 Å². The molecular formula is C14H16O4. The lowest BCUT2D eigenvalue weighted by Crippen LogP contribution is -2.01. The van der Waals surface area contributed by atoms with E-state index in [1.807, 2.05) is 18.2 Å². The van der Waals surface area contributed by atoms with E-state index in [0.29, 0.717) is 23.7 Å². The van der Waals surface area contributed by atoms with Crippen molar-refractivity contribution in [2.24, 2.45) is 0 Å². The average Bonchev–Trinajstić information content (AvgIpc) is 2.92. The van der Waals surface area contributed by atoms with Gasteiger partial charge in [-0.15, -0.1) is 0 Å². The fraction of sp³-hybridized carbons (Fsp3) is 0.286. The number of aliphatic hydroxyl groups excluding tert-OH is 1. The van der Waals surface area contributed by atoms with Crippen LogP contribution in [0.15, 0.2) is 41.0 Å². The second-order valence-electron chi connectivity index (χ2n) is 3.92. The van der Waals surface area contributed by atoms with Crippen LogP contribution in [0.1, 0.15) is 17.4 Å². The normalized spacial score (nSPS) is 12.2. The van der Waals surface area contributed by atoms with Crippen molar-refractivity contribution in [3.63, 3.8) is 0 Å². The van der Waals surface area contributed by atoms with E-state index in [-0.39, 0.29) is 0 Å². The summed E-state index contributed by atoms with van der Waals surface area (Å²) in [4.78, 5) is 0. The van der Waals surface area contributed by atoms with Crippen molar-refractivity contribution in [1.29, 1.82) is 0 Å². The summed E-state index contributed by atoms with van der Waals surface area (Å²) < 4.78 is 15.5. The van der Waals surface area contributed by atoms with Gasteiger partial charge in [0.2, 0.25) is 0 Å². The van der Waals surface area contributed by atoms with Crippen molar-refractivity contribution in [2.75, 3.05) is 14.2 Å². The first-order valence-corrected chi connectivity index (χ1v) is 5.67. The summed E-state index contributed by atoms with van der Waals surface area (Å²) in [5.74, 6) is 1.89. The Kier molecular flexibility index (Phi) is 3.89. The van der Waals surface area contributed by atoms with Crippen LogP contribution in [0.25, 0.3) is 0 Å². The summed E-state index contributed by atoms with van der Waals surface area (Å²) in [6.07, 6.45) is 1.36. The molecule has 0 aliphatic rings. The Morgan fingerprint density at radius 3 is 2.56 bits per heavy atom. The topological polar surface area (TPSA) is 51.8 Å². The molecule has 18 heavy (non-hydrogen) atoms. The summed E-state index contributed by atoms with van der Waals surface area (Å²) in [7, 11) is 3.18. The molecule has 96 valence electrons. The quantitative estimate of drug-likeness (QED) is 0.883. The maximum absolute atomic E-state index is 9.99. The van der Waals surface area contributed by atoms with E-state index in [4.69, 9.17) is 13.9 Å². The number of hydrogen-bond acceptors (Lipinski definition) is 4. The molecule has 0 fully saturated rings. The Balaban J connectivity index is 2.14. The van der Waals surface area contributed by atoms with Crippen LogP contribution < -0.4 is 9.47 Å². The first-order chi connectivity index (χ1) is 8.74. The number of aliphatic hydroxyl groups is 1. The third kappa shape index (κ3) is 2.65. The highest BCUT2D eigenvalue weighted by atomic mass is 16.5. The predicted octanol–water partition coefficient (Wildman–Crippen LogP) is 2.57. The number of rotatable bonds is 5. The summed E-state index contributed by atoms with van der Waals surface area (Å²) in [5.41, 5.74) is 0.955. The SMILES string of the molecule is COc1ccc(CC(O)c2ccco2)cc1OC. The van der Waals surface area contributed by atoms with E-state index in [2.05, 4.69) is 0 Å². The van der Waals surface area contributed by atoms with Crippen LogP contribution in [0.3, 0.4) is 0 Å². The van der Waals surface area contributed by atoms with E-state index in [1.54, 1.807) is 32.6 Å². The van der Waals surface area contributed by atoms with Gasteiger partial charge in [-0.3, -0.25) is 0 Å². The molecule has 1 heterocycles. The molecule has 0 saturated heterocycles. The van der Waals surface area contributed by atoms with Gasteiger partial charge in [0, 0.05) is 6.42 Å². The molecule has 4 heteroatoms. The minimum Gasteiger partial charge on any atom is -0.493 e. The molecule has 1 aromatic carbocycles. The molecule has 1 atom stereocenters. The van der Waals surface area contributed by atoms with E-state index in [1.165, 1.54) is 0 Å². The van der Waals surface area contributed by atoms with Crippen LogP contribution in [0, 0.1) is 0 Å². The van der Waals surface area contributed by atoms with Crippen molar-refractivity contribution < 1.29 is 19.0 Å². The van der Waals surface area contributed by atoms with E-state index >= 15 is 0 Å². The van der Waals surface area contributed by atoms with Crippen LogP contribution in [-0.2, 0) is 6.42 Å². The molecule has 0 aliphatic carbocycles. The van der Waals surface area contributed by atoms with Crippen molar-refractivity contribution in [3.05, 3.63) is 47.9 Å². The summed E-state index contributed by atoms with van der Waals surface area (Å²) in [6, 6.07) is 9.08. The van der Waals surface area contributed by atoms with Gasteiger partial charge in [0.05, 0.1) is 20.5 Å². The van der Waals surface area contributed by atoms with E-state index < -0.39 is 6.10 Å². The van der Waals surface area contributed by atoms with Gasteiger partial charge in [-0.25, -0.2) is 0 Å². The minimum atomic E-state index is -0.655. The standard InChI is InChI=1S/C14H16O4/c1-16-13-6-5-10(9-14(13)17-2)8-11(15)12-4-3-7-18-12/h3-7,9,11,15H,8H2,1-2H3. The van der Waals surface area contributed by atoms with Crippen LogP contribution in [0.4, 0.5) is 0 Å². The molecule has 1 unspecified atom stereocenters. The summed E-state index contributed by atoms with van der Waals surface area (Å²) in [6.45, 7) is 0. The molecule has 0 bridgehead atoms. The van der Waals surface area contributed by atoms with Crippen molar-refractivity contribution in [3.8, 4) is 11.5 Å². The number of ether oxygens (including phenoxy) is 2. The highest BCUT2D eigenvalue weighted by Gasteiger charge is 2.13. The lowest BCUT2D eigenvalue weighted by atomic mass is 10.1. The zero-order valence-electron chi connectivity index (χ0n) is 10.4. The molecule has 0 spiro atoms. The molecule has 4 nitrogen and oxygen atoms in total. The highest BCUT2D eigenvalue weighted by Crippen LogP contribution is 2.29. The average molecular weight is 248 g/mol. The lowest BCUT2D eigenvalue weighted by Gasteiger charge is -2.11. The fourth-order valence-electron chi connectivity index (χ4n) is 1.81. The van der Waals surface area contributed by atoms with Gasteiger partial charge in [-0.05, 0) is 29.8 Å². The van der Waals surface area contributed by atoms with Crippen LogP contribution in [0.2, 0.25) is 0 Å². The van der Waals surface area contributed by atoms with Gasteiger partial charge < -0.3 is 19.0 Å². The predicted molar refractivity (Wildman–Crippen MR) is 66.9 cm³/mol. The van der Waals surface area contributed by atoms with Gasteiger partial charge in [0.25, 0.3) is 0 Å². The highest BCUT2D eigenvalue weighted by molar-refractivity contribution is 5.43. The second-order valence-corrected chi connectivity index (χ2v) is 3.92. The van der Waals surface area contributed by atoms with Crippen LogP contribution in [-0.4, -0.2) is 19.3 Å². The fourth-order valence-corrected chi connectivity index (χ4v) is 1.81. The van der Waals surface area contributed by atoms with Crippen molar-refractivity contribution in [1.82, 2.24) is 0 Å². The van der Waals surface area contributed by atoms with Crippen molar-refractivity contribution >= 4 is 0 Å². The largest absolute Gasteiger partial charge is 0.493 e. The van der Waals surface area contributed by atoms with Gasteiger partial charge in [0.1, 0.15) is 11.9 Å². The minimum absolute atomic E-state index is 0.466. The first-order valence-electron chi connectivity index (χ1n) is 5.67. The Morgan fingerprint density at radius 2 is 1.94 bits per heavy atom. The first kappa shape index (κ1) is 12.5. The molecule has 0 radical (unpaired) electrons.